The van der Waals surface area contributed by atoms with Crippen LogP contribution in [0, 0.1) is 11.3 Å². The fraction of sp³-hybridized carbons (Fsp3) is 0.846. The Kier molecular flexibility index (Phi) is 4.97. The average Bonchev–Trinajstić information content (AvgIpc) is 2.79. The van der Waals surface area contributed by atoms with Crippen molar-refractivity contribution in [1.29, 1.82) is 5.26 Å². The monoisotopic (exact) mass is 250 g/mol. The van der Waals surface area contributed by atoms with Gasteiger partial charge in [0.2, 0.25) is 5.91 Å². The Morgan fingerprint density at radius 2 is 1.94 bits per heavy atom. The molecular formula is C13H22N4O. The van der Waals surface area contributed by atoms with Crippen LogP contribution in [0.1, 0.15) is 25.7 Å². The standard InChI is InChI=1S/C13H22N4O/c14-11-12(16-8-3-4-15-5-9-16)10-13(18)17-6-1-2-7-17/h12,15H,1-10H2. The number of hydrogen-bond acceptors (Lipinski definition) is 4. The lowest BCUT2D eigenvalue weighted by atomic mass is 10.1. The minimum Gasteiger partial charge on any atom is -0.343 e. The molecule has 0 radical (unpaired) electrons. The fourth-order valence-corrected chi connectivity index (χ4v) is 2.70. The predicted octanol–water partition coefficient (Wildman–Crippen LogP) is 0.186. The Morgan fingerprint density at radius 1 is 1.17 bits per heavy atom. The number of nitriles is 1. The number of hydrogen-bond donors (Lipinski definition) is 1. The fourth-order valence-electron chi connectivity index (χ4n) is 2.70. The third-order valence-electron chi connectivity index (χ3n) is 3.79. The zero-order chi connectivity index (χ0) is 12.8. The van der Waals surface area contributed by atoms with Crippen LogP contribution in [0.5, 0.6) is 0 Å². The molecule has 2 aliphatic heterocycles. The van der Waals surface area contributed by atoms with E-state index in [-0.39, 0.29) is 11.9 Å². The van der Waals surface area contributed by atoms with E-state index in [1.165, 1.54) is 0 Å². The van der Waals surface area contributed by atoms with Gasteiger partial charge >= 0.3 is 0 Å². The molecule has 0 bridgehead atoms. The van der Waals surface area contributed by atoms with Gasteiger partial charge in [-0.15, -0.1) is 0 Å². The number of carbonyl (C=O) groups is 1. The number of carbonyl (C=O) groups excluding carboxylic acids is 1. The Hall–Kier alpha value is -1.12. The maximum atomic E-state index is 12.1. The third-order valence-corrected chi connectivity index (χ3v) is 3.79. The molecule has 0 spiro atoms. The van der Waals surface area contributed by atoms with Crippen LogP contribution in [0.3, 0.4) is 0 Å². The minimum atomic E-state index is -0.252. The molecule has 2 heterocycles. The molecule has 5 nitrogen and oxygen atoms in total. The normalized spacial score (nSPS) is 23.4. The number of rotatable bonds is 3. The molecule has 2 aliphatic rings. The lowest BCUT2D eigenvalue weighted by molar-refractivity contribution is -0.131. The zero-order valence-corrected chi connectivity index (χ0v) is 10.9. The van der Waals surface area contributed by atoms with E-state index in [0.29, 0.717) is 6.42 Å². The molecule has 1 unspecified atom stereocenters. The van der Waals surface area contributed by atoms with Crippen molar-refractivity contribution in [2.45, 2.75) is 31.7 Å². The molecule has 1 atom stereocenters. The van der Waals surface area contributed by atoms with E-state index in [1.807, 2.05) is 4.90 Å². The molecule has 0 saturated carbocycles. The summed E-state index contributed by atoms with van der Waals surface area (Å²) in [7, 11) is 0. The van der Waals surface area contributed by atoms with Gasteiger partial charge in [0.25, 0.3) is 0 Å². The molecule has 1 amide bonds. The van der Waals surface area contributed by atoms with Crippen molar-refractivity contribution in [1.82, 2.24) is 15.1 Å². The molecule has 2 rings (SSSR count). The summed E-state index contributed by atoms with van der Waals surface area (Å²) in [4.78, 5) is 16.1. The van der Waals surface area contributed by atoms with Gasteiger partial charge in [0.15, 0.2) is 0 Å². The number of likely N-dealkylation sites (tertiary alicyclic amines) is 1. The highest BCUT2D eigenvalue weighted by Gasteiger charge is 2.25. The second-order valence-electron chi connectivity index (χ2n) is 5.08. The van der Waals surface area contributed by atoms with Crippen LogP contribution in [0.25, 0.3) is 0 Å². The first-order valence-corrected chi connectivity index (χ1v) is 6.93. The van der Waals surface area contributed by atoms with Crippen molar-refractivity contribution >= 4 is 5.91 Å². The van der Waals surface area contributed by atoms with Crippen LogP contribution in [-0.4, -0.2) is 61.0 Å². The zero-order valence-electron chi connectivity index (χ0n) is 10.9. The van der Waals surface area contributed by atoms with E-state index in [1.54, 1.807) is 0 Å². The van der Waals surface area contributed by atoms with Crippen LogP contribution in [0.2, 0.25) is 0 Å². The molecule has 5 heteroatoms. The summed E-state index contributed by atoms with van der Waals surface area (Å²) in [6.07, 6.45) is 3.62. The van der Waals surface area contributed by atoms with Gasteiger partial charge in [-0.05, 0) is 25.8 Å². The molecule has 100 valence electrons. The van der Waals surface area contributed by atoms with Crippen LogP contribution >= 0.6 is 0 Å². The van der Waals surface area contributed by atoms with Crippen LogP contribution < -0.4 is 5.32 Å². The highest BCUT2D eigenvalue weighted by atomic mass is 16.2. The summed E-state index contributed by atoms with van der Waals surface area (Å²) >= 11 is 0. The maximum absolute atomic E-state index is 12.1. The summed E-state index contributed by atoms with van der Waals surface area (Å²) in [5, 5.41) is 12.6. The van der Waals surface area contributed by atoms with Crippen molar-refractivity contribution in [3.63, 3.8) is 0 Å². The molecule has 18 heavy (non-hydrogen) atoms. The molecule has 1 N–H and O–H groups in total. The van der Waals surface area contributed by atoms with Crippen molar-refractivity contribution in [3.8, 4) is 6.07 Å². The van der Waals surface area contributed by atoms with Gasteiger partial charge in [-0.2, -0.15) is 5.26 Å². The molecule has 2 saturated heterocycles. The first-order valence-electron chi connectivity index (χ1n) is 6.93. The molecule has 2 fully saturated rings. The molecular weight excluding hydrogens is 228 g/mol. The smallest absolute Gasteiger partial charge is 0.225 e. The summed E-state index contributed by atoms with van der Waals surface area (Å²) in [6, 6.07) is 2.05. The molecule has 0 aromatic rings. The number of amides is 1. The Bertz CT molecular complexity index is 311. The molecule has 0 aromatic carbocycles. The first-order chi connectivity index (χ1) is 8.81. The second kappa shape index (κ2) is 6.72. The highest BCUT2D eigenvalue weighted by molar-refractivity contribution is 5.77. The topological polar surface area (TPSA) is 59.4 Å². The Labute approximate surface area is 109 Å². The highest BCUT2D eigenvalue weighted by Crippen LogP contribution is 2.13. The largest absolute Gasteiger partial charge is 0.343 e. The van der Waals surface area contributed by atoms with Gasteiger partial charge in [-0.25, -0.2) is 0 Å². The SMILES string of the molecule is N#CC(CC(=O)N1CCCC1)N1CCCNCC1. The van der Waals surface area contributed by atoms with Gasteiger partial charge in [0.1, 0.15) is 6.04 Å². The van der Waals surface area contributed by atoms with E-state index in [4.69, 9.17) is 0 Å². The maximum Gasteiger partial charge on any atom is 0.225 e. The third kappa shape index (κ3) is 3.44. The number of nitrogens with one attached hydrogen (secondary N) is 1. The van der Waals surface area contributed by atoms with Crippen LogP contribution in [0.4, 0.5) is 0 Å². The average molecular weight is 250 g/mol. The summed E-state index contributed by atoms with van der Waals surface area (Å²) in [5.41, 5.74) is 0. The van der Waals surface area contributed by atoms with E-state index >= 15 is 0 Å². The van der Waals surface area contributed by atoms with Gasteiger partial charge in [-0.3, -0.25) is 9.69 Å². The van der Waals surface area contributed by atoms with Crippen molar-refractivity contribution < 1.29 is 4.79 Å². The summed E-state index contributed by atoms with van der Waals surface area (Å²) in [5.74, 6) is 0.149. The summed E-state index contributed by atoms with van der Waals surface area (Å²) in [6.45, 7) is 5.45. The Morgan fingerprint density at radius 3 is 2.67 bits per heavy atom. The summed E-state index contributed by atoms with van der Waals surface area (Å²) < 4.78 is 0. The first kappa shape index (κ1) is 13.3. The quantitative estimate of drug-likeness (QED) is 0.776. The van der Waals surface area contributed by atoms with Gasteiger partial charge in [0, 0.05) is 32.7 Å². The van der Waals surface area contributed by atoms with Gasteiger partial charge < -0.3 is 10.2 Å². The van der Waals surface area contributed by atoms with Crippen LogP contribution in [-0.2, 0) is 4.79 Å². The molecule has 0 aromatic heterocycles. The lowest BCUT2D eigenvalue weighted by Crippen LogP contribution is -2.41. The van der Waals surface area contributed by atoms with E-state index in [2.05, 4.69) is 16.3 Å². The minimum absolute atomic E-state index is 0.149. The predicted molar refractivity (Wildman–Crippen MR) is 68.9 cm³/mol. The van der Waals surface area contributed by atoms with Crippen molar-refractivity contribution in [3.05, 3.63) is 0 Å². The number of nitrogens with zero attached hydrogens (tertiary/aromatic N) is 3. The van der Waals surface area contributed by atoms with Gasteiger partial charge in [0.05, 0.1) is 12.5 Å². The van der Waals surface area contributed by atoms with Crippen molar-refractivity contribution in [2.24, 2.45) is 0 Å². The van der Waals surface area contributed by atoms with Gasteiger partial charge in [-0.1, -0.05) is 0 Å². The second-order valence-corrected chi connectivity index (χ2v) is 5.08. The van der Waals surface area contributed by atoms with E-state index in [0.717, 1.165) is 58.5 Å². The molecule has 0 aliphatic carbocycles. The van der Waals surface area contributed by atoms with Crippen LogP contribution in [0.15, 0.2) is 0 Å². The van der Waals surface area contributed by atoms with E-state index < -0.39 is 0 Å². The van der Waals surface area contributed by atoms with E-state index in [9.17, 15) is 10.1 Å². The lowest BCUT2D eigenvalue weighted by Gasteiger charge is -2.26. The van der Waals surface area contributed by atoms with Crippen molar-refractivity contribution in [2.75, 3.05) is 39.3 Å². The Balaban J connectivity index is 1.87.